The molecule has 1 aromatic heterocycles. The zero-order chi connectivity index (χ0) is 22.6. The monoisotopic (exact) mass is 430 g/mol. The Hall–Kier alpha value is -2.20. The number of hydrogen-bond acceptors (Lipinski definition) is 9. The molecule has 1 atom stereocenters. The molecule has 0 saturated heterocycles. The number of imide groups is 1. The summed E-state index contributed by atoms with van der Waals surface area (Å²) < 4.78 is 15.6. The second kappa shape index (κ2) is 9.53. The van der Waals surface area contributed by atoms with E-state index in [4.69, 9.17) is 14.2 Å². The van der Waals surface area contributed by atoms with E-state index in [1.807, 2.05) is 0 Å². The van der Waals surface area contributed by atoms with Gasteiger partial charge in [0.1, 0.15) is 16.1 Å². The molecule has 1 unspecified atom stereocenters. The Morgan fingerprint density at radius 2 is 1.52 bits per heavy atom. The van der Waals surface area contributed by atoms with Crippen LogP contribution >= 0.6 is 11.3 Å². The van der Waals surface area contributed by atoms with Gasteiger partial charge in [-0.25, -0.2) is 19.4 Å². The molecule has 1 rings (SSSR count). The highest BCUT2D eigenvalue weighted by Gasteiger charge is 2.37. The number of aliphatic hydroxyl groups excluding tert-OH is 1. The first-order valence-electron chi connectivity index (χ1n) is 9.32. The molecule has 9 nitrogen and oxygen atoms in total. The summed E-state index contributed by atoms with van der Waals surface area (Å²) in [5.41, 5.74) is -1.74. The quantitative estimate of drug-likeness (QED) is 0.538. The third-order valence-corrected chi connectivity index (χ3v) is 4.19. The van der Waals surface area contributed by atoms with Crippen molar-refractivity contribution in [2.24, 2.45) is 0 Å². The first-order chi connectivity index (χ1) is 13.2. The summed E-state index contributed by atoms with van der Waals surface area (Å²) in [4.78, 5) is 42.6. The molecular weight excluding hydrogens is 400 g/mol. The van der Waals surface area contributed by atoms with Crippen molar-refractivity contribution in [1.82, 2.24) is 4.98 Å². The van der Waals surface area contributed by atoms with Gasteiger partial charge in [-0.15, -0.1) is 0 Å². The Kier molecular flexibility index (Phi) is 8.16. The molecule has 1 N–H and O–H groups in total. The molecule has 0 saturated carbocycles. The van der Waals surface area contributed by atoms with Crippen LogP contribution < -0.4 is 4.90 Å². The van der Waals surface area contributed by atoms with Gasteiger partial charge in [0.25, 0.3) is 0 Å². The molecule has 0 aromatic carbocycles. The van der Waals surface area contributed by atoms with Crippen LogP contribution in [0.15, 0.2) is 0 Å². The predicted molar refractivity (Wildman–Crippen MR) is 108 cm³/mol. The van der Waals surface area contributed by atoms with Crippen molar-refractivity contribution in [2.45, 2.75) is 79.1 Å². The Morgan fingerprint density at radius 1 is 1.03 bits per heavy atom. The van der Waals surface area contributed by atoms with Crippen LogP contribution in [0.2, 0.25) is 0 Å². The van der Waals surface area contributed by atoms with Crippen LogP contribution in [0.1, 0.15) is 83.3 Å². The molecule has 0 aliphatic carbocycles. The average molecular weight is 431 g/mol. The molecule has 164 valence electrons. The minimum atomic E-state index is -1.07. The number of amides is 2. The summed E-state index contributed by atoms with van der Waals surface area (Å²) in [5, 5.41) is 10.1. The SMILES string of the molecule is CCOC(=O)c1sc(N(C(=O)OC(C)(C)C)C(=O)OC(C)(C)C)nc1C(O)CC. The van der Waals surface area contributed by atoms with Crippen LogP contribution in [-0.2, 0) is 14.2 Å². The van der Waals surface area contributed by atoms with E-state index < -0.39 is 35.5 Å². The van der Waals surface area contributed by atoms with Gasteiger partial charge >= 0.3 is 18.2 Å². The molecular formula is C19H30N2O7S. The number of anilines is 1. The maximum absolute atomic E-state index is 12.7. The lowest BCUT2D eigenvalue weighted by molar-refractivity contribution is 0.0428. The zero-order valence-electron chi connectivity index (χ0n) is 18.2. The third kappa shape index (κ3) is 7.28. The van der Waals surface area contributed by atoms with E-state index in [-0.39, 0.29) is 28.7 Å². The lowest BCUT2D eigenvalue weighted by atomic mass is 10.2. The van der Waals surface area contributed by atoms with E-state index in [0.717, 1.165) is 11.3 Å². The largest absolute Gasteiger partial charge is 0.462 e. The maximum atomic E-state index is 12.7. The Bertz CT molecular complexity index is 719. The van der Waals surface area contributed by atoms with Gasteiger partial charge in [-0.05, 0) is 54.9 Å². The predicted octanol–water partition coefficient (Wildman–Crippen LogP) is 4.44. The van der Waals surface area contributed by atoms with Crippen molar-refractivity contribution in [3.8, 4) is 0 Å². The number of esters is 1. The number of aromatic nitrogens is 1. The fraction of sp³-hybridized carbons (Fsp3) is 0.684. The average Bonchev–Trinajstić information content (AvgIpc) is 2.95. The lowest BCUT2D eigenvalue weighted by Gasteiger charge is -2.27. The second-order valence-corrected chi connectivity index (χ2v) is 9.13. The number of aliphatic hydroxyl groups is 1. The molecule has 0 fully saturated rings. The van der Waals surface area contributed by atoms with E-state index in [2.05, 4.69) is 4.98 Å². The number of nitrogens with zero attached hydrogens (tertiary/aromatic N) is 2. The van der Waals surface area contributed by atoms with Crippen LogP contribution in [0.5, 0.6) is 0 Å². The maximum Gasteiger partial charge on any atom is 0.426 e. The standard InChI is InChI=1S/C19H30N2O7S/c1-9-11(22)12-13(14(23)26-10-2)29-15(20-12)21(16(24)27-18(3,4)5)17(25)28-19(6,7)8/h11,22H,9-10H2,1-8H3. The molecule has 1 aromatic rings. The minimum absolute atomic E-state index is 0.00770. The Balaban J connectivity index is 3.48. The second-order valence-electron chi connectivity index (χ2n) is 8.15. The summed E-state index contributed by atoms with van der Waals surface area (Å²) in [6.45, 7) is 13.4. The van der Waals surface area contributed by atoms with E-state index in [1.54, 1.807) is 55.4 Å². The number of carbonyl (C=O) groups excluding carboxylic acids is 3. The lowest BCUT2D eigenvalue weighted by Crippen LogP contribution is -2.43. The first-order valence-corrected chi connectivity index (χ1v) is 10.1. The van der Waals surface area contributed by atoms with E-state index in [1.165, 1.54) is 0 Å². The molecule has 10 heteroatoms. The fourth-order valence-electron chi connectivity index (χ4n) is 2.02. The fourth-order valence-corrected chi connectivity index (χ4v) is 3.02. The molecule has 0 spiro atoms. The Morgan fingerprint density at radius 3 is 1.90 bits per heavy atom. The van der Waals surface area contributed by atoms with Gasteiger partial charge < -0.3 is 19.3 Å². The summed E-state index contributed by atoms with van der Waals surface area (Å²) in [5.74, 6) is -0.702. The zero-order valence-corrected chi connectivity index (χ0v) is 19.0. The van der Waals surface area contributed by atoms with E-state index >= 15 is 0 Å². The van der Waals surface area contributed by atoms with Gasteiger partial charge in [-0.1, -0.05) is 18.3 Å². The van der Waals surface area contributed by atoms with Crippen molar-refractivity contribution in [2.75, 3.05) is 11.5 Å². The highest BCUT2D eigenvalue weighted by molar-refractivity contribution is 7.18. The van der Waals surface area contributed by atoms with E-state index in [0.29, 0.717) is 4.90 Å². The van der Waals surface area contributed by atoms with Gasteiger partial charge in [0, 0.05) is 0 Å². The first kappa shape index (κ1) is 24.8. The Labute approximate surface area is 175 Å². The number of carbonyl (C=O) groups is 3. The van der Waals surface area contributed by atoms with Gasteiger partial charge in [-0.3, -0.25) is 0 Å². The molecule has 29 heavy (non-hydrogen) atoms. The van der Waals surface area contributed by atoms with Gasteiger partial charge in [-0.2, -0.15) is 4.90 Å². The molecule has 0 radical (unpaired) electrons. The smallest absolute Gasteiger partial charge is 0.426 e. The van der Waals surface area contributed by atoms with Crippen molar-refractivity contribution >= 4 is 34.6 Å². The number of hydrogen-bond donors (Lipinski definition) is 1. The van der Waals surface area contributed by atoms with E-state index in [9.17, 15) is 19.5 Å². The van der Waals surface area contributed by atoms with Gasteiger partial charge in [0.05, 0.1) is 18.4 Å². The molecule has 0 aliphatic rings. The topological polar surface area (TPSA) is 115 Å². The summed E-state index contributed by atoms with van der Waals surface area (Å²) in [6.07, 6.45) is -2.81. The summed E-state index contributed by atoms with van der Waals surface area (Å²) >= 11 is 0.747. The van der Waals surface area contributed by atoms with Crippen LogP contribution in [0, 0.1) is 0 Å². The van der Waals surface area contributed by atoms with Crippen molar-refractivity contribution in [3.05, 3.63) is 10.6 Å². The summed E-state index contributed by atoms with van der Waals surface area (Å²) in [6, 6.07) is 0. The molecule has 1 heterocycles. The highest BCUT2D eigenvalue weighted by atomic mass is 32.1. The van der Waals surface area contributed by atoms with Crippen LogP contribution in [0.4, 0.5) is 14.7 Å². The van der Waals surface area contributed by atoms with Crippen molar-refractivity contribution < 1.29 is 33.7 Å². The molecule has 2 amide bonds. The highest BCUT2D eigenvalue weighted by Crippen LogP contribution is 2.33. The van der Waals surface area contributed by atoms with Gasteiger partial charge in [0.15, 0.2) is 0 Å². The third-order valence-electron chi connectivity index (χ3n) is 3.15. The van der Waals surface area contributed by atoms with Crippen molar-refractivity contribution in [3.63, 3.8) is 0 Å². The van der Waals surface area contributed by atoms with Crippen molar-refractivity contribution in [1.29, 1.82) is 0 Å². The summed E-state index contributed by atoms with van der Waals surface area (Å²) in [7, 11) is 0. The molecule has 0 bridgehead atoms. The number of thiazole rings is 1. The normalized spacial score (nSPS) is 12.9. The minimum Gasteiger partial charge on any atom is -0.462 e. The van der Waals surface area contributed by atoms with Crippen LogP contribution in [-0.4, -0.2) is 46.1 Å². The number of rotatable bonds is 5. The molecule has 0 aliphatic heterocycles. The van der Waals surface area contributed by atoms with Gasteiger partial charge in [0.2, 0.25) is 5.13 Å². The van der Waals surface area contributed by atoms with Crippen LogP contribution in [0.3, 0.4) is 0 Å². The number of ether oxygens (including phenoxy) is 3. The van der Waals surface area contributed by atoms with Crippen LogP contribution in [0.25, 0.3) is 0 Å².